The summed E-state index contributed by atoms with van der Waals surface area (Å²) in [5.41, 5.74) is 2.99. The topological polar surface area (TPSA) is 29.5 Å². The Morgan fingerprint density at radius 3 is 2.32 bits per heavy atom. The van der Waals surface area contributed by atoms with E-state index in [2.05, 4.69) is 17.0 Å². The Hall–Kier alpha value is -2.39. The Morgan fingerprint density at radius 1 is 1.00 bits per heavy atom. The fourth-order valence-electron chi connectivity index (χ4n) is 3.13. The summed E-state index contributed by atoms with van der Waals surface area (Å²) in [6, 6.07) is 15.7. The zero-order valence-electron chi connectivity index (χ0n) is 14.8. The number of hydrogen-bond acceptors (Lipinski definition) is 3. The number of carbonyl (C=O) groups excluding carboxylic acids is 1. The third kappa shape index (κ3) is 5.04. The molecule has 0 amide bonds. The van der Waals surface area contributed by atoms with Crippen LogP contribution >= 0.6 is 0 Å². The van der Waals surface area contributed by atoms with Crippen molar-refractivity contribution in [3.05, 3.63) is 71.3 Å². The van der Waals surface area contributed by atoms with Crippen molar-refractivity contribution >= 4 is 11.9 Å². The smallest absolute Gasteiger partial charge is 0.185 e. The van der Waals surface area contributed by atoms with Crippen LogP contribution < -0.4 is 4.74 Å². The molecule has 3 heteroatoms. The summed E-state index contributed by atoms with van der Waals surface area (Å²) < 4.78 is 5.14. The van der Waals surface area contributed by atoms with Crippen molar-refractivity contribution in [2.24, 2.45) is 0 Å². The van der Waals surface area contributed by atoms with Crippen LogP contribution in [0, 0.1) is 0 Å². The van der Waals surface area contributed by atoms with Crippen LogP contribution in [0.3, 0.4) is 0 Å². The SMILES string of the molecule is COc1ccc(C=CC(=O)c2ccc(CN3CCCCC3)cc2)cc1. The molecule has 3 rings (SSSR count). The molecule has 0 saturated carbocycles. The first-order chi connectivity index (χ1) is 12.2. The highest BCUT2D eigenvalue weighted by Crippen LogP contribution is 2.15. The normalized spacial score (nSPS) is 15.4. The quantitative estimate of drug-likeness (QED) is 0.572. The lowest BCUT2D eigenvalue weighted by atomic mass is 10.1. The molecule has 0 N–H and O–H groups in total. The molecule has 0 unspecified atom stereocenters. The van der Waals surface area contributed by atoms with Crippen LogP contribution in [0.5, 0.6) is 5.75 Å². The molecule has 3 nitrogen and oxygen atoms in total. The molecule has 0 radical (unpaired) electrons. The molecule has 1 saturated heterocycles. The number of nitrogens with zero attached hydrogens (tertiary/aromatic N) is 1. The Kier molecular flexibility index (Phi) is 6.02. The number of piperidine rings is 1. The first kappa shape index (κ1) is 17.4. The van der Waals surface area contributed by atoms with E-state index in [1.807, 2.05) is 42.5 Å². The summed E-state index contributed by atoms with van der Waals surface area (Å²) in [6.07, 6.45) is 7.41. The molecule has 1 aliphatic heterocycles. The molecule has 25 heavy (non-hydrogen) atoms. The zero-order chi connectivity index (χ0) is 17.5. The van der Waals surface area contributed by atoms with Gasteiger partial charge < -0.3 is 4.74 Å². The molecular formula is C22H25NO2. The van der Waals surface area contributed by atoms with Crippen LogP contribution in [0.15, 0.2) is 54.6 Å². The molecule has 2 aromatic carbocycles. The predicted molar refractivity (Wildman–Crippen MR) is 102 cm³/mol. The van der Waals surface area contributed by atoms with Gasteiger partial charge in [-0.15, -0.1) is 0 Å². The molecule has 0 spiro atoms. The van der Waals surface area contributed by atoms with Crippen molar-refractivity contribution in [1.82, 2.24) is 4.90 Å². The standard InChI is InChI=1S/C22H25NO2/c1-25-21-12-7-18(8-13-21)9-14-22(24)20-10-5-19(6-11-20)17-23-15-3-2-4-16-23/h5-14H,2-4,15-17H2,1H3. The Labute approximate surface area is 149 Å². The maximum atomic E-state index is 12.3. The largest absolute Gasteiger partial charge is 0.497 e. The number of likely N-dealkylation sites (tertiary alicyclic amines) is 1. The van der Waals surface area contributed by atoms with Crippen molar-refractivity contribution < 1.29 is 9.53 Å². The lowest BCUT2D eigenvalue weighted by Gasteiger charge is -2.26. The second-order valence-electron chi connectivity index (χ2n) is 6.50. The van der Waals surface area contributed by atoms with Crippen LogP contribution in [0.4, 0.5) is 0 Å². The molecule has 130 valence electrons. The van der Waals surface area contributed by atoms with E-state index in [1.54, 1.807) is 13.2 Å². The maximum Gasteiger partial charge on any atom is 0.185 e. The van der Waals surface area contributed by atoms with E-state index in [1.165, 1.54) is 37.9 Å². The molecule has 1 fully saturated rings. The van der Waals surface area contributed by atoms with Crippen molar-refractivity contribution in [2.45, 2.75) is 25.8 Å². The van der Waals surface area contributed by atoms with E-state index in [4.69, 9.17) is 4.74 Å². The molecule has 0 aromatic heterocycles. The highest BCUT2D eigenvalue weighted by Gasteiger charge is 2.10. The number of ether oxygens (including phenoxy) is 1. The molecule has 0 atom stereocenters. The van der Waals surface area contributed by atoms with Gasteiger partial charge in [-0.05, 0) is 55.3 Å². The van der Waals surface area contributed by atoms with Crippen LogP contribution in [0.25, 0.3) is 6.08 Å². The second kappa shape index (κ2) is 8.63. The third-order valence-corrected chi connectivity index (χ3v) is 4.64. The van der Waals surface area contributed by atoms with Gasteiger partial charge in [-0.25, -0.2) is 0 Å². The average Bonchev–Trinajstić information content (AvgIpc) is 2.68. The summed E-state index contributed by atoms with van der Waals surface area (Å²) in [4.78, 5) is 14.8. The van der Waals surface area contributed by atoms with Crippen LogP contribution in [-0.4, -0.2) is 30.9 Å². The number of benzene rings is 2. The predicted octanol–water partition coefficient (Wildman–Crippen LogP) is 4.58. The van der Waals surface area contributed by atoms with Gasteiger partial charge in [0.1, 0.15) is 5.75 Å². The van der Waals surface area contributed by atoms with Crippen molar-refractivity contribution in [1.29, 1.82) is 0 Å². The Bertz CT molecular complexity index is 711. The van der Waals surface area contributed by atoms with Gasteiger partial charge in [0.05, 0.1) is 7.11 Å². The van der Waals surface area contributed by atoms with Gasteiger partial charge in [0.2, 0.25) is 0 Å². The van der Waals surface area contributed by atoms with Gasteiger partial charge in [0.25, 0.3) is 0 Å². The number of methoxy groups -OCH3 is 1. The number of carbonyl (C=O) groups is 1. The average molecular weight is 335 g/mol. The van der Waals surface area contributed by atoms with Gasteiger partial charge in [0.15, 0.2) is 5.78 Å². The highest BCUT2D eigenvalue weighted by molar-refractivity contribution is 6.06. The first-order valence-corrected chi connectivity index (χ1v) is 8.92. The van der Waals surface area contributed by atoms with Crippen LogP contribution in [0.2, 0.25) is 0 Å². The fraction of sp³-hybridized carbons (Fsp3) is 0.318. The van der Waals surface area contributed by atoms with Crippen molar-refractivity contribution in [2.75, 3.05) is 20.2 Å². The van der Waals surface area contributed by atoms with E-state index in [-0.39, 0.29) is 5.78 Å². The molecule has 0 bridgehead atoms. The van der Waals surface area contributed by atoms with Gasteiger partial charge in [-0.1, -0.05) is 48.9 Å². The summed E-state index contributed by atoms with van der Waals surface area (Å²) >= 11 is 0. The van der Waals surface area contributed by atoms with E-state index in [0.717, 1.165) is 23.4 Å². The third-order valence-electron chi connectivity index (χ3n) is 4.64. The van der Waals surface area contributed by atoms with Gasteiger partial charge in [0, 0.05) is 12.1 Å². The number of allylic oxidation sites excluding steroid dienone is 1. The summed E-state index contributed by atoms with van der Waals surface area (Å²) in [5, 5.41) is 0. The van der Waals surface area contributed by atoms with E-state index < -0.39 is 0 Å². The first-order valence-electron chi connectivity index (χ1n) is 8.92. The Balaban J connectivity index is 1.58. The van der Waals surface area contributed by atoms with Crippen molar-refractivity contribution in [3.8, 4) is 5.75 Å². The van der Waals surface area contributed by atoms with E-state index >= 15 is 0 Å². The molecular weight excluding hydrogens is 310 g/mol. The summed E-state index contributed by atoms with van der Waals surface area (Å²) in [6.45, 7) is 3.35. The summed E-state index contributed by atoms with van der Waals surface area (Å²) in [7, 11) is 1.64. The zero-order valence-corrected chi connectivity index (χ0v) is 14.8. The van der Waals surface area contributed by atoms with Crippen molar-refractivity contribution in [3.63, 3.8) is 0 Å². The van der Waals surface area contributed by atoms with Crippen LogP contribution in [-0.2, 0) is 6.54 Å². The molecule has 1 heterocycles. The summed E-state index contributed by atoms with van der Waals surface area (Å²) in [5.74, 6) is 0.841. The molecule has 2 aromatic rings. The monoisotopic (exact) mass is 335 g/mol. The van der Waals surface area contributed by atoms with Gasteiger partial charge in [-0.3, -0.25) is 9.69 Å². The minimum absolute atomic E-state index is 0.0281. The lowest BCUT2D eigenvalue weighted by Crippen LogP contribution is -2.29. The lowest BCUT2D eigenvalue weighted by molar-refractivity contribution is 0.104. The van der Waals surface area contributed by atoms with Crippen LogP contribution in [0.1, 0.15) is 40.7 Å². The maximum absolute atomic E-state index is 12.3. The van der Waals surface area contributed by atoms with E-state index in [0.29, 0.717) is 0 Å². The molecule has 1 aliphatic rings. The second-order valence-corrected chi connectivity index (χ2v) is 6.50. The van der Waals surface area contributed by atoms with Gasteiger partial charge in [-0.2, -0.15) is 0 Å². The molecule has 0 aliphatic carbocycles. The minimum Gasteiger partial charge on any atom is -0.497 e. The number of rotatable bonds is 6. The number of hydrogen-bond donors (Lipinski definition) is 0. The number of ketones is 1. The fourth-order valence-corrected chi connectivity index (χ4v) is 3.13. The highest BCUT2D eigenvalue weighted by atomic mass is 16.5. The minimum atomic E-state index is 0.0281. The Morgan fingerprint density at radius 2 is 1.68 bits per heavy atom. The van der Waals surface area contributed by atoms with Gasteiger partial charge >= 0.3 is 0 Å². The van der Waals surface area contributed by atoms with E-state index in [9.17, 15) is 4.79 Å².